The predicted octanol–water partition coefficient (Wildman–Crippen LogP) is 3.65. The van der Waals surface area contributed by atoms with Crippen molar-refractivity contribution in [1.29, 1.82) is 0 Å². The standard InChI is InChI=1S/C14H13ClFNO2/c1-18-13-6-5-10(17)7-9(13)8-19-14-11(15)3-2-4-12(14)16/h2-7H,8,17H2,1H3. The van der Waals surface area contributed by atoms with Gasteiger partial charge in [0.15, 0.2) is 11.6 Å². The van der Waals surface area contributed by atoms with Crippen LogP contribution >= 0.6 is 11.6 Å². The zero-order valence-electron chi connectivity index (χ0n) is 10.3. The summed E-state index contributed by atoms with van der Waals surface area (Å²) in [4.78, 5) is 0. The van der Waals surface area contributed by atoms with Gasteiger partial charge in [0.1, 0.15) is 12.4 Å². The van der Waals surface area contributed by atoms with Gasteiger partial charge in [-0.2, -0.15) is 0 Å². The Hall–Kier alpha value is -1.94. The van der Waals surface area contributed by atoms with Gasteiger partial charge in [-0.15, -0.1) is 0 Å². The van der Waals surface area contributed by atoms with Crippen molar-refractivity contribution in [3.8, 4) is 11.5 Å². The van der Waals surface area contributed by atoms with E-state index in [9.17, 15) is 4.39 Å². The van der Waals surface area contributed by atoms with Crippen LogP contribution in [0.5, 0.6) is 11.5 Å². The maximum Gasteiger partial charge on any atom is 0.174 e. The summed E-state index contributed by atoms with van der Waals surface area (Å²) in [6.07, 6.45) is 0. The number of anilines is 1. The number of benzene rings is 2. The van der Waals surface area contributed by atoms with Gasteiger partial charge in [-0.05, 0) is 30.3 Å². The molecule has 2 N–H and O–H groups in total. The quantitative estimate of drug-likeness (QED) is 0.870. The Balaban J connectivity index is 2.21. The van der Waals surface area contributed by atoms with Gasteiger partial charge in [0, 0.05) is 11.3 Å². The molecular formula is C14H13ClFNO2. The summed E-state index contributed by atoms with van der Waals surface area (Å²) >= 11 is 5.88. The summed E-state index contributed by atoms with van der Waals surface area (Å²) in [7, 11) is 1.55. The number of ether oxygens (including phenoxy) is 2. The Morgan fingerprint density at radius 2 is 2.05 bits per heavy atom. The highest BCUT2D eigenvalue weighted by atomic mass is 35.5. The van der Waals surface area contributed by atoms with Gasteiger partial charge in [0.25, 0.3) is 0 Å². The first-order valence-electron chi connectivity index (χ1n) is 5.61. The number of para-hydroxylation sites is 1. The van der Waals surface area contributed by atoms with E-state index < -0.39 is 5.82 Å². The highest BCUT2D eigenvalue weighted by molar-refractivity contribution is 6.32. The Labute approximate surface area is 115 Å². The minimum atomic E-state index is -0.504. The van der Waals surface area contributed by atoms with Crippen LogP contribution in [0.25, 0.3) is 0 Å². The molecule has 0 saturated heterocycles. The van der Waals surface area contributed by atoms with Gasteiger partial charge >= 0.3 is 0 Å². The molecule has 0 unspecified atom stereocenters. The summed E-state index contributed by atoms with van der Waals surface area (Å²) in [6.45, 7) is 0.120. The fourth-order valence-corrected chi connectivity index (χ4v) is 1.90. The Morgan fingerprint density at radius 3 is 2.74 bits per heavy atom. The maximum absolute atomic E-state index is 13.5. The zero-order valence-corrected chi connectivity index (χ0v) is 11.1. The first kappa shape index (κ1) is 13.5. The third kappa shape index (κ3) is 3.09. The zero-order chi connectivity index (χ0) is 13.8. The summed E-state index contributed by atoms with van der Waals surface area (Å²) < 4.78 is 24.1. The van der Waals surface area contributed by atoms with E-state index in [1.165, 1.54) is 12.1 Å². The lowest BCUT2D eigenvalue weighted by molar-refractivity contribution is 0.283. The normalized spacial score (nSPS) is 10.3. The van der Waals surface area contributed by atoms with Gasteiger partial charge in [-0.3, -0.25) is 0 Å². The summed E-state index contributed by atoms with van der Waals surface area (Å²) in [5.74, 6) is 0.144. The van der Waals surface area contributed by atoms with E-state index in [2.05, 4.69) is 0 Å². The number of methoxy groups -OCH3 is 1. The lowest BCUT2D eigenvalue weighted by atomic mass is 10.2. The average Bonchev–Trinajstić information content (AvgIpc) is 2.38. The number of hydrogen-bond acceptors (Lipinski definition) is 3. The lowest BCUT2D eigenvalue weighted by Crippen LogP contribution is -2.01. The third-order valence-corrected chi connectivity index (χ3v) is 2.89. The van der Waals surface area contributed by atoms with Gasteiger partial charge < -0.3 is 15.2 Å². The molecule has 0 aliphatic heterocycles. The molecule has 2 aromatic carbocycles. The monoisotopic (exact) mass is 281 g/mol. The van der Waals surface area contributed by atoms with Crippen LogP contribution in [0, 0.1) is 5.82 Å². The SMILES string of the molecule is COc1ccc(N)cc1COc1c(F)cccc1Cl. The number of nitrogen functional groups attached to an aromatic ring is 1. The first-order valence-corrected chi connectivity index (χ1v) is 5.99. The fraction of sp³-hybridized carbons (Fsp3) is 0.143. The van der Waals surface area contributed by atoms with Crippen LogP contribution < -0.4 is 15.2 Å². The molecule has 0 bridgehead atoms. The molecule has 0 aromatic heterocycles. The van der Waals surface area contributed by atoms with Gasteiger partial charge in [-0.25, -0.2) is 4.39 Å². The molecule has 0 amide bonds. The molecule has 19 heavy (non-hydrogen) atoms. The van der Waals surface area contributed by atoms with Crippen molar-refractivity contribution in [2.45, 2.75) is 6.61 Å². The molecule has 0 atom stereocenters. The molecule has 2 rings (SSSR count). The summed E-state index contributed by atoms with van der Waals surface area (Å²) in [5.41, 5.74) is 7.01. The molecule has 0 saturated carbocycles. The molecular weight excluding hydrogens is 269 g/mol. The van der Waals surface area contributed by atoms with Crippen LogP contribution in [0.15, 0.2) is 36.4 Å². The summed E-state index contributed by atoms with van der Waals surface area (Å²) in [5, 5.41) is 0.225. The second-order valence-corrected chi connectivity index (χ2v) is 4.32. The van der Waals surface area contributed by atoms with Crippen molar-refractivity contribution in [3.63, 3.8) is 0 Å². The minimum absolute atomic E-state index is 0.0219. The minimum Gasteiger partial charge on any atom is -0.496 e. The van der Waals surface area contributed by atoms with E-state index in [1.807, 2.05) is 0 Å². The molecule has 2 aromatic rings. The molecule has 3 nitrogen and oxygen atoms in total. The van der Waals surface area contributed by atoms with E-state index >= 15 is 0 Å². The van der Waals surface area contributed by atoms with Crippen LogP contribution in [-0.2, 0) is 6.61 Å². The lowest BCUT2D eigenvalue weighted by Gasteiger charge is -2.12. The van der Waals surface area contributed by atoms with Crippen molar-refractivity contribution in [3.05, 3.63) is 52.8 Å². The molecule has 5 heteroatoms. The number of nitrogens with two attached hydrogens (primary N) is 1. The molecule has 0 spiro atoms. The molecule has 0 fully saturated rings. The molecule has 0 aliphatic carbocycles. The van der Waals surface area contributed by atoms with Crippen LogP contribution in [-0.4, -0.2) is 7.11 Å². The molecule has 0 heterocycles. The van der Waals surface area contributed by atoms with E-state index in [1.54, 1.807) is 31.4 Å². The van der Waals surface area contributed by atoms with Crippen molar-refractivity contribution in [1.82, 2.24) is 0 Å². The van der Waals surface area contributed by atoms with Crippen molar-refractivity contribution in [2.24, 2.45) is 0 Å². The Kier molecular flexibility index (Phi) is 4.12. The van der Waals surface area contributed by atoms with Crippen LogP contribution in [0.2, 0.25) is 5.02 Å². The van der Waals surface area contributed by atoms with Crippen molar-refractivity contribution in [2.75, 3.05) is 12.8 Å². The van der Waals surface area contributed by atoms with Crippen molar-refractivity contribution < 1.29 is 13.9 Å². The third-order valence-electron chi connectivity index (χ3n) is 2.60. The fourth-order valence-electron chi connectivity index (χ4n) is 1.68. The topological polar surface area (TPSA) is 44.5 Å². The second kappa shape index (κ2) is 5.80. The smallest absolute Gasteiger partial charge is 0.174 e. The van der Waals surface area contributed by atoms with Crippen LogP contribution in [0.4, 0.5) is 10.1 Å². The first-order chi connectivity index (χ1) is 9.11. The number of rotatable bonds is 4. The predicted molar refractivity (Wildman–Crippen MR) is 73.1 cm³/mol. The number of hydrogen-bond donors (Lipinski definition) is 1. The van der Waals surface area contributed by atoms with E-state index in [4.69, 9.17) is 26.8 Å². The van der Waals surface area contributed by atoms with E-state index in [0.29, 0.717) is 11.4 Å². The van der Waals surface area contributed by atoms with Crippen LogP contribution in [0.3, 0.4) is 0 Å². The van der Waals surface area contributed by atoms with Gasteiger partial charge in [-0.1, -0.05) is 17.7 Å². The second-order valence-electron chi connectivity index (χ2n) is 3.91. The largest absolute Gasteiger partial charge is 0.496 e. The Bertz CT molecular complexity index is 569. The molecule has 100 valence electrons. The highest BCUT2D eigenvalue weighted by Gasteiger charge is 2.10. The molecule has 0 aliphatic rings. The number of halogens is 2. The van der Waals surface area contributed by atoms with Gasteiger partial charge in [0.2, 0.25) is 0 Å². The van der Waals surface area contributed by atoms with E-state index in [0.717, 1.165) is 5.56 Å². The van der Waals surface area contributed by atoms with Crippen LogP contribution in [0.1, 0.15) is 5.56 Å². The van der Waals surface area contributed by atoms with Crippen molar-refractivity contribution >= 4 is 17.3 Å². The van der Waals surface area contributed by atoms with Gasteiger partial charge in [0.05, 0.1) is 12.1 Å². The average molecular weight is 282 g/mol. The Morgan fingerprint density at radius 1 is 1.26 bits per heavy atom. The summed E-state index contributed by atoms with van der Waals surface area (Å²) in [6, 6.07) is 9.54. The maximum atomic E-state index is 13.5. The highest BCUT2D eigenvalue weighted by Crippen LogP contribution is 2.29. The van der Waals surface area contributed by atoms with E-state index in [-0.39, 0.29) is 17.4 Å². The molecule has 0 radical (unpaired) electrons.